The highest BCUT2D eigenvalue weighted by Crippen LogP contribution is 2.31. The molecule has 0 aliphatic carbocycles. The van der Waals surface area contributed by atoms with E-state index in [1.165, 1.54) is 0 Å². The van der Waals surface area contributed by atoms with Crippen LogP contribution in [0.3, 0.4) is 0 Å². The van der Waals surface area contributed by atoms with Crippen LogP contribution in [0.25, 0.3) is 21.9 Å². The molecule has 0 spiro atoms. The third-order valence-corrected chi connectivity index (χ3v) is 6.01. The molecule has 3 aromatic carbocycles. The molecule has 0 bridgehead atoms. The molecule has 4 N–H and O–H groups in total. The standard InChI is InChI=1S/C26H27N7O2/c1-4-33(5-2)23-14-22-21(30-26(31-22)29-19-8-6-7-9-24(19)35-3)13-18(23)25(34)28-17-11-10-16-15-27-32-20(16)12-17/h6-15H,4-5H2,1-3H3,(H,27,32)(H,28,34)(H2,29,30,31). The van der Waals surface area contributed by atoms with E-state index < -0.39 is 0 Å². The number of ether oxygens (including phenoxy) is 1. The van der Waals surface area contributed by atoms with E-state index in [1.54, 1.807) is 13.3 Å². The van der Waals surface area contributed by atoms with E-state index in [0.29, 0.717) is 22.9 Å². The van der Waals surface area contributed by atoms with Crippen LogP contribution in [0, 0.1) is 0 Å². The number of nitrogens with one attached hydrogen (secondary N) is 4. The molecule has 5 aromatic rings. The Morgan fingerprint density at radius 3 is 2.69 bits per heavy atom. The second kappa shape index (κ2) is 9.38. The van der Waals surface area contributed by atoms with E-state index in [1.807, 2.05) is 54.6 Å². The zero-order valence-corrected chi connectivity index (χ0v) is 19.8. The molecule has 9 heteroatoms. The van der Waals surface area contributed by atoms with Crippen LogP contribution in [0.1, 0.15) is 24.2 Å². The summed E-state index contributed by atoms with van der Waals surface area (Å²) < 4.78 is 5.43. The second-order valence-corrected chi connectivity index (χ2v) is 8.10. The Labute approximate surface area is 202 Å². The van der Waals surface area contributed by atoms with E-state index >= 15 is 0 Å². The summed E-state index contributed by atoms with van der Waals surface area (Å²) in [6.07, 6.45) is 1.75. The minimum Gasteiger partial charge on any atom is -0.495 e. The van der Waals surface area contributed by atoms with Gasteiger partial charge in [0.15, 0.2) is 0 Å². The van der Waals surface area contributed by atoms with Crippen LogP contribution < -0.4 is 20.3 Å². The Hall–Kier alpha value is -4.53. The fourth-order valence-electron chi connectivity index (χ4n) is 4.20. The fraction of sp³-hybridized carbons (Fsp3) is 0.192. The van der Waals surface area contributed by atoms with Crippen molar-refractivity contribution in [1.29, 1.82) is 0 Å². The highest BCUT2D eigenvalue weighted by atomic mass is 16.5. The molecule has 1 amide bonds. The van der Waals surface area contributed by atoms with Gasteiger partial charge in [-0.25, -0.2) is 4.98 Å². The lowest BCUT2D eigenvalue weighted by Crippen LogP contribution is -2.25. The van der Waals surface area contributed by atoms with Crippen molar-refractivity contribution in [3.8, 4) is 5.75 Å². The predicted octanol–water partition coefficient (Wildman–Crippen LogP) is 5.29. The van der Waals surface area contributed by atoms with Crippen LogP contribution in [0.15, 0.2) is 60.8 Å². The Kier molecular flexibility index (Phi) is 5.97. The van der Waals surface area contributed by atoms with Crippen LogP contribution in [0.5, 0.6) is 5.75 Å². The van der Waals surface area contributed by atoms with Gasteiger partial charge in [0.1, 0.15) is 5.75 Å². The summed E-state index contributed by atoms with van der Waals surface area (Å²) in [6.45, 7) is 5.67. The molecule has 0 saturated carbocycles. The average molecular weight is 470 g/mol. The van der Waals surface area contributed by atoms with Crippen molar-refractivity contribution >= 4 is 50.9 Å². The van der Waals surface area contributed by atoms with Crippen molar-refractivity contribution in [3.63, 3.8) is 0 Å². The highest BCUT2D eigenvalue weighted by molar-refractivity contribution is 6.11. The number of aromatic amines is 2. The number of carbonyl (C=O) groups excluding carboxylic acids is 1. The zero-order chi connectivity index (χ0) is 24.4. The van der Waals surface area contributed by atoms with Gasteiger partial charge in [0, 0.05) is 24.2 Å². The second-order valence-electron chi connectivity index (χ2n) is 8.10. The zero-order valence-electron chi connectivity index (χ0n) is 19.8. The molecule has 0 saturated heterocycles. The number of amides is 1. The summed E-state index contributed by atoms with van der Waals surface area (Å²) in [4.78, 5) is 23.6. The molecule has 0 unspecified atom stereocenters. The van der Waals surface area contributed by atoms with Crippen LogP contribution in [0.2, 0.25) is 0 Å². The van der Waals surface area contributed by atoms with Gasteiger partial charge in [0.25, 0.3) is 5.91 Å². The van der Waals surface area contributed by atoms with Gasteiger partial charge < -0.3 is 25.3 Å². The summed E-state index contributed by atoms with van der Waals surface area (Å²) in [5, 5.41) is 14.3. The van der Waals surface area contributed by atoms with Crippen molar-refractivity contribution in [1.82, 2.24) is 20.2 Å². The van der Waals surface area contributed by atoms with Crippen molar-refractivity contribution in [2.45, 2.75) is 13.8 Å². The summed E-state index contributed by atoms with van der Waals surface area (Å²) in [7, 11) is 1.63. The number of para-hydroxylation sites is 2. The lowest BCUT2D eigenvalue weighted by atomic mass is 10.1. The van der Waals surface area contributed by atoms with E-state index in [-0.39, 0.29) is 5.91 Å². The number of benzene rings is 3. The topological polar surface area (TPSA) is 111 Å². The number of anilines is 4. The predicted molar refractivity (Wildman–Crippen MR) is 140 cm³/mol. The molecule has 35 heavy (non-hydrogen) atoms. The number of hydrogen-bond acceptors (Lipinski definition) is 6. The van der Waals surface area contributed by atoms with Crippen molar-refractivity contribution < 1.29 is 9.53 Å². The molecule has 0 atom stereocenters. The van der Waals surface area contributed by atoms with Crippen LogP contribution >= 0.6 is 0 Å². The Bertz CT molecular complexity index is 1500. The SMILES string of the molecule is CCN(CC)c1cc2nc(Nc3ccccc3OC)[nH]c2cc1C(=O)Nc1ccc2cn[nH]c2c1. The normalized spacial score (nSPS) is 11.1. The van der Waals surface area contributed by atoms with Gasteiger partial charge >= 0.3 is 0 Å². The molecule has 2 aromatic heterocycles. The number of methoxy groups -OCH3 is 1. The van der Waals surface area contributed by atoms with Crippen molar-refractivity contribution in [2.24, 2.45) is 0 Å². The van der Waals surface area contributed by atoms with Gasteiger partial charge in [-0.1, -0.05) is 12.1 Å². The number of rotatable bonds is 8. The Morgan fingerprint density at radius 1 is 1.06 bits per heavy atom. The lowest BCUT2D eigenvalue weighted by molar-refractivity contribution is 0.102. The van der Waals surface area contributed by atoms with Crippen LogP contribution in [-0.2, 0) is 0 Å². The quantitative estimate of drug-likeness (QED) is 0.246. The minimum atomic E-state index is -0.193. The van der Waals surface area contributed by atoms with E-state index in [0.717, 1.165) is 46.4 Å². The number of carbonyl (C=O) groups is 1. The fourth-order valence-corrected chi connectivity index (χ4v) is 4.20. The van der Waals surface area contributed by atoms with Gasteiger partial charge in [0.2, 0.25) is 5.95 Å². The third kappa shape index (κ3) is 4.35. The molecular formula is C26H27N7O2. The number of nitrogens with zero attached hydrogens (tertiary/aromatic N) is 3. The number of hydrogen-bond donors (Lipinski definition) is 4. The number of H-pyrrole nitrogens is 2. The molecule has 0 aliphatic heterocycles. The number of imidazole rings is 1. The third-order valence-electron chi connectivity index (χ3n) is 6.01. The molecular weight excluding hydrogens is 442 g/mol. The van der Waals surface area contributed by atoms with Crippen molar-refractivity contribution in [2.75, 3.05) is 35.7 Å². The molecule has 178 valence electrons. The molecule has 0 radical (unpaired) electrons. The maximum Gasteiger partial charge on any atom is 0.257 e. The van der Waals surface area contributed by atoms with Gasteiger partial charge in [-0.2, -0.15) is 5.10 Å². The summed E-state index contributed by atoms with van der Waals surface area (Å²) >= 11 is 0. The maximum atomic E-state index is 13.4. The molecule has 0 aliphatic rings. The summed E-state index contributed by atoms with van der Waals surface area (Å²) in [5.74, 6) is 1.09. The van der Waals surface area contributed by atoms with Crippen LogP contribution in [-0.4, -0.2) is 46.3 Å². The Morgan fingerprint density at radius 2 is 1.89 bits per heavy atom. The average Bonchev–Trinajstić information content (AvgIpc) is 3.50. The smallest absolute Gasteiger partial charge is 0.257 e. The van der Waals surface area contributed by atoms with Gasteiger partial charge in [-0.15, -0.1) is 0 Å². The number of aromatic nitrogens is 4. The van der Waals surface area contributed by atoms with Gasteiger partial charge in [-0.3, -0.25) is 9.89 Å². The van der Waals surface area contributed by atoms with E-state index in [2.05, 4.69) is 44.6 Å². The molecule has 2 heterocycles. The summed E-state index contributed by atoms with van der Waals surface area (Å²) in [6, 6.07) is 17.1. The monoisotopic (exact) mass is 469 g/mol. The Balaban J connectivity index is 1.51. The maximum absolute atomic E-state index is 13.4. The first kappa shape index (κ1) is 22.3. The summed E-state index contributed by atoms with van der Waals surface area (Å²) in [5.41, 5.74) is 5.28. The van der Waals surface area contributed by atoms with E-state index in [9.17, 15) is 4.79 Å². The molecule has 9 nitrogen and oxygen atoms in total. The minimum absolute atomic E-state index is 0.193. The molecule has 0 fully saturated rings. The first-order chi connectivity index (χ1) is 17.1. The van der Waals surface area contributed by atoms with E-state index in [4.69, 9.17) is 9.72 Å². The lowest BCUT2D eigenvalue weighted by Gasteiger charge is -2.23. The largest absolute Gasteiger partial charge is 0.495 e. The van der Waals surface area contributed by atoms with Crippen molar-refractivity contribution in [3.05, 3.63) is 66.4 Å². The first-order valence-electron chi connectivity index (χ1n) is 11.5. The number of fused-ring (bicyclic) bond motifs is 2. The van der Waals surface area contributed by atoms with Crippen LogP contribution in [0.4, 0.5) is 23.0 Å². The highest BCUT2D eigenvalue weighted by Gasteiger charge is 2.19. The first-order valence-corrected chi connectivity index (χ1v) is 11.5. The van der Waals surface area contributed by atoms with Gasteiger partial charge in [-0.05, 0) is 56.3 Å². The van der Waals surface area contributed by atoms with Gasteiger partial charge in [0.05, 0.1) is 46.8 Å². The molecule has 5 rings (SSSR count).